The van der Waals surface area contributed by atoms with Gasteiger partial charge in [-0.2, -0.15) is 0 Å². The molecule has 0 saturated carbocycles. The largest absolute Gasteiger partial charge is 0.354 e. The number of hydrogen-bond donors (Lipinski definition) is 1. The Morgan fingerprint density at radius 3 is 2.75 bits per heavy atom. The highest BCUT2D eigenvalue weighted by Gasteiger charge is 2.13. The predicted molar refractivity (Wildman–Crippen MR) is 96.7 cm³/mol. The summed E-state index contributed by atoms with van der Waals surface area (Å²) in [7, 11) is 0. The number of nitrogens with one attached hydrogen (secondary N) is 1. The molecule has 0 unspecified atom stereocenters. The van der Waals surface area contributed by atoms with E-state index in [0.717, 1.165) is 27.6 Å². The molecule has 2 heterocycles. The van der Waals surface area contributed by atoms with Crippen molar-refractivity contribution in [1.82, 2.24) is 9.97 Å². The van der Waals surface area contributed by atoms with Crippen LogP contribution in [0.5, 0.6) is 0 Å². The Labute approximate surface area is 143 Å². The molecule has 0 fully saturated rings. The minimum Gasteiger partial charge on any atom is -0.354 e. The summed E-state index contributed by atoms with van der Waals surface area (Å²) in [4.78, 5) is 7.45. The summed E-state index contributed by atoms with van der Waals surface area (Å²) in [5.74, 6) is -0.336. The third-order valence-electron chi connectivity index (χ3n) is 4.20. The van der Waals surface area contributed by atoms with Crippen LogP contribution in [0.2, 0.25) is 5.02 Å². The van der Waals surface area contributed by atoms with Crippen molar-refractivity contribution < 1.29 is 4.39 Å². The Kier molecular flexibility index (Phi) is 3.58. The number of aryl methyl sites for hydroxylation is 1. The summed E-state index contributed by atoms with van der Waals surface area (Å²) < 4.78 is 14.1. The van der Waals surface area contributed by atoms with E-state index < -0.39 is 0 Å². The van der Waals surface area contributed by atoms with Crippen LogP contribution < -0.4 is 0 Å². The summed E-state index contributed by atoms with van der Waals surface area (Å²) in [5.41, 5.74) is 5.35. The standard InChI is InChI=1S/C20H14ClFN2/c1-12-7-8-23-11-15(12)13-5-6-18-14(9-13)10-19(24-18)20-16(21)3-2-4-17(20)22/h2-11,24H,1H3. The molecule has 0 saturated heterocycles. The van der Waals surface area contributed by atoms with Gasteiger partial charge in [-0.15, -0.1) is 0 Å². The molecular weight excluding hydrogens is 323 g/mol. The molecule has 1 N–H and O–H groups in total. The van der Waals surface area contributed by atoms with Crippen molar-refractivity contribution in [2.45, 2.75) is 6.92 Å². The SMILES string of the molecule is Cc1ccncc1-c1ccc2[nH]c(-c3c(F)cccc3Cl)cc2c1. The fourth-order valence-corrected chi connectivity index (χ4v) is 3.22. The molecule has 0 bridgehead atoms. The first kappa shape index (κ1) is 14.9. The lowest BCUT2D eigenvalue weighted by atomic mass is 10.0. The van der Waals surface area contributed by atoms with Crippen molar-refractivity contribution in [3.63, 3.8) is 0 Å². The van der Waals surface area contributed by atoms with E-state index in [1.54, 1.807) is 18.3 Å². The number of halogens is 2. The zero-order chi connectivity index (χ0) is 16.7. The van der Waals surface area contributed by atoms with Gasteiger partial charge >= 0.3 is 0 Å². The molecule has 4 rings (SSSR count). The normalized spacial score (nSPS) is 11.1. The Morgan fingerprint density at radius 1 is 1.08 bits per heavy atom. The zero-order valence-corrected chi connectivity index (χ0v) is 13.7. The van der Waals surface area contributed by atoms with E-state index in [9.17, 15) is 4.39 Å². The Hall–Kier alpha value is -2.65. The van der Waals surface area contributed by atoms with Crippen molar-refractivity contribution in [3.8, 4) is 22.4 Å². The van der Waals surface area contributed by atoms with Gasteiger partial charge in [0.25, 0.3) is 0 Å². The van der Waals surface area contributed by atoms with Crippen LogP contribution in [0.25, 0.3) is 33.3 Å². The van der Waals surface area contributed by atoms with E-state index in [0.29, 0.717) is 16.3 Å². The van der Waals surface area contributed by atoms with Gasteiger partial charge in [-0.05, 0) is 54.4 Å². The molecule has 2 nitrogen and oxygen atoms in total. The first-order valence-corrected chi connectivity index (χ1v) is 7.99. The number of rotatable bonds is 2. The minimum atomic E-state index is -0.336. The first-order chi connectivity index (χ1) is 11.6. The highest BCUT2D eigenvalue weighted by atomic mass is 35.5. The van der Waals surface area contributed by atoms with Crippen molar-refractivity contribution >= 4 is 22.5 Å². The summed E-state index contributed by atoms with van der Waals surface area (Å²) in [6, 6.07) is 14.7. The van der Waals surface area contributed by atoms with Crippen molar-refractivity contribution in [3.05, 3.63) is 77.3 Å². The molecular formula is C20H14ClFN2. The molecule has 118 valence electrons. The van der Waals surface area contributed by atoms with Crippen LogP contribution in [0.3, 0.4) is 0 Å². The van der Waals surface area contributed by atoms with Crippen LogP contribution in [-0.2, 0) is 0 Å². The number of aromatic nitrogens is 2. The average Bonchev–Trinajstić information content (AvgIpc) is 2.97. The van der Waals surface area contributed by atoms with Crippen LogP contribution in [0.1, 0.15) is 5.56 Å². The van der Waals surface area contributed by atoms with E-state index in [1.165, 1.54) is 6.07 Å². The van der Waals surface area contributed by atoms with E-state index in [4.69, 9.17) is 11.6 Å². The monoisotopic (exact) mass is 336 g/mol. The maximum atomic E-state index is 14.1. The summed E-state index contributed by atoms with van der Waals surface area (Å²) >= 11 is 6.17. The van der Waals surface area contributed by atoms with Crippen LogP contribution in [-0.4, -0.2) is 9.97 Å². The molecule has 2 aromatic heterocycles. The van der Waals surface area contributed by atoms with Crippen molar-refractivity contribution in [2.75, 3.05) is 0 Å². The first-order valence-electron chi connectivity index (χ1n) is 7.61. The third kappa shape index (κ3) is 2.47. The second-order valence-electron chi connectivity index (χ2n) is 5.77. The second kappa shape index (κ2) is 5.77. The average molecular weight is 337 g/mol. The zero-order valence-electron chi connectivity index (χ0n) is 13.0. The highest BCUT2D eigenvalue weighted by Crippen LogP contribution is 2.33. The molecule has 0 atom stereocenters. The lowest BCUT2D eigenvalue weighted by Gasteiger charge is -2.04. The van der Waals surface area contributed by atoms with Gasteiger partial charge in [0, 0.05) is 28.9 Å². The number of hydrogen-bond acceptors (Lipinski definition) is 1. The van der Waals surface area contributed by atoms with Gasteiger partial charge < -0.3 is 4.98 Å². The van der Waals surface area contributed by atoms with Crippen LogP contribution >= 0.6 is 11.6 Å². The quantitative estimate of drug-likeness (QED) is 0.478. The summed E-state index contributed by atoms with van der Waals surface area (Å²) in [6.07, 6.45) is 3.64. The number of H-pyrrole nitrogens is 1. The molecule has 4 heteroatoms. The van der Waals surface area contributed by atoms with Crippen LogP contribution in [0.4, 0.5) is 4.39 Å². The Bertz CT molecular complexity index is 1030. The Morgan fingerprint density at radius 2 is 1.96 bits per heavy atom. The second-order valence-corrected chi connectivity index (χ2v) is 6.18. The van der Waals surface area contributed by atoms with E-state index in [-0.39, 0.29) is 5.82 Å². The molecule has 0 spiro atoms. The van der Waals surface area contributed by atoms with E-state index in [1.807, 2.05) is 30.5 Å². The smallest absolute Gasteiger partial charge is 0.134 e. The lowest BCUT2D eigenvalue weighted by molar-refractivity contribution is 0.631. The third-order valence-corrected chi connectivity index (χ3v) is 4.52. The molecule has 0 amide bonds. The van der Waals surface area contributed by atoms with E-state index >= 15 is 0 Å². The molecule has 0 aliphatic rings. The number of aromatic amines is 1. The number of fused-ring (bicyclic) bond motifs is 1. The van der Waals surface area contributed by atoms with Crippen LogP contribution in [0.15, 0.2) is 60.9 Å². The van der Waals surface area contributed by atoms with Gasteiger partial charge in [0.2, 0.25) is 0 Å². The Balaban J connectivity index is 1.87. The maximum absolute atomic E-state index is 14.1. The van der Waals surface area contributed by atoms with Gasteiger partial charge in [0.15, 0.2) is 0 Å². The van der Waals surface area contributed by atoms with Crippen LogP contribution in [0, 0.1) is 12.7 Å². The predicted octanol–water partition coefficient (Wildman–Crippen LogP) is 6.00. The summed E-state index contributed by atoms with van der Waals surface area (Å²) in [6.45, 7) is 2.06. The topological polar surface area (TPSA) is 28.7 Å². The fraction of sp³-hybridized carbons (Fsp3) is 0.0500. The number of nitrogens with zero attached hydrogens (tertiary/aromatic N) is 1. The maximum Gasteiger partial charge on any atom is 0.134 e. The highest BCUT2D eigenvalue weighted by molar-refractivity contribution is 6.33. The van der Waals surface area contributed by atoms with Gasteiger partial charge in [-0.25, -0.2) is 4.39 Å². The molecule has 24 heavy (non-hydrogen) atoms. The van der Waals surface area contributed by atoms with Crippen molar-refractivity contribution in [2.24, 2.45) is 0 Å². The molecule has 0 aliphatic carbocycles. The molecule has 2 aromatic carbocycles. The molecule has 0 aliphatic heterocycles. The minimum absolute atomic E-state index is 0.336. The van der Waals surface area contributed by atoms with E-state index in [2.05, 4.69) is 23.0 Å². The van der Waals surface area contributed by atoms with Crippen molar-refractivity contribution in [1.29, 1.82) is 0 Å². The van der Waals surface area contributed by atoms with Gasteiger partial charge in [-0.1, -0.05) is 23.7 Å². The van der Waals surface area contributed by atoms with Gasteiger partial charge in [0.05, 0.1) is 16.3 Å². The molecule has 0 radical (unpaired) electrons. The van der Waals surface area contributed by atoms with Gasteiger partial charge in [0.1, 0.15) is 5.82 Å². The van der Waals surface area contributed by atoms with Gasteiger partial charge in [-0.3, -0.25) is 4.98 Å². The fourth-order valence-electron chi connectivity index (χ4n) is 2.96. The number of benzene rings is 2. The summed E-state index contributed by atoms with van der Waals surface area (Å²) in [5, 5.41) is 1.40. The molecule has 4 aromatic rings. The number of pyridine rings is 1. The lowest BCUT2D eigenvalue weighted by Crippen LogP contribution is -1.85.